The van der Waals surface area contributed by atoms with Gasteiger partial charge in [-0.25, -0.2) is 4.98 Å². The first kappa shape index (κ1) is 20.2. The number of hydrogen-bond acceptors (Lipinski definition) is 7. The van der Waals surface area contributed by atoms with Crippen molar-refractivity contribution in [1.82, 2.24) is 19.7 Å². The minimum absolute atomic E-state index is 0.0234. The molecule has 1 aliphatic rings. The predicted molar refractivity (Wildman–Crippen MR) is 119 cm³/mol. The van der Waals surface area contributed by atoms with Gasteiger partial charge in [-0.1, -0.05) is 47.6 Å². The van der Waals surface area contributed by atoms with Crippen LogP contribution in [0.1, 0.15) is 18.7 Å². The van der Waals surface area contributed by atoms with E-state index in [-0.39, 0.29) is 11.7 Å². The second kappa shape index (κ2) is 8.82. The maximum absolute atomic E-state index is 13.2. The van der Waals surface area contributed by atoms with E-state index in [1.165, 1.54) is 11.8 Å². The summed E-state index contributed by atoms with van der Waals surface area (Å²) in [5, 5.41) is 10.00. The molecule has 0 bridgehead atoms. The van der Waals surface area contributed by atoms with Crippen LogP contribution >= 0.6 is 23.4 Å². The van der Waals surface area contributed by atoms with Gasteiger partial charge in [0.15, 0.2) is 5.16 Å². The normalized spacial score (nSPS) is 16.2. The second-order valence-corrected chi connectivity index (χ2v) is 8.58. The number of benzene rings is 2. The standard InChI is InChI=1S/C22H19ClN4O3S/c23-17-9-3-1-7-15(17)20-26-25-19(30-20)13-31-22-24-18-10-4-2-8-16(18)21(28)27(22)12-14-6-5-11-29-14/h1-4,7-10,14H,5-6,11-13H2. The fourth-order valence-electron chi connectivity index (χ4n) is 3.59. The molecule has 158 valence electrons. The predicted octanol–water partition coefficient (Wildman–Crippen LogP) is 4.57. The van der Waals surface area contributed by atoms with Crippen LogP contribution in [0.4, 0.5) is 0 Å². The van der Waals surface area contributed by atoms with Gasteiger partial charge in [0.25, 0.3) is 5.56 Å². The molecule has 5 rings (SSSR count). The van der Waals surface area contributed by atoms with Crippen LogP contribution in [0.5, 0.6) is 0 Å². The van der Waals surface area contributed by atoms with Crippen molar-refractivity contribution in [2.24, 2.45) is 0 Å². The van der Waals surface area contributed by atoms with Gasteiger partial charge in [-0.2, -0.15) is 0 Å². The highest BCUT2D eigenvalue weighted by atomic mass is 35.5. The minimum atomic E-state index is -0.0640. The number of para-hydroxylation sites is 1. The summed E-state index contributed by atoms with van der Waals surface area (Å²) >= 11 is 7.62. The highest BCUT2D eigenvalue weighted by Crippen LogP contribution is 2.28. The fourth-order valence-corrected chi connectivity index (χ4v) is 4.65. The van der Waals surface area contributed by atoms with Crippen LogP contribution < -0.4 is 5.56 Å². The van der Waals surface area contributed by atoms with Gasteiger partial charge in [-0.05, 0) is 37.1 Å². The summed E-state index contributed by atoms with van der Waals surface area (Å²) < 4.78 is 13.3. The van der Waals surface area contributed by atoms with E-state index in [0.717, 1.165) is 19.4 Å². The molecule has 0 N–H and O–H groups in total. The Morgan fingerprint density at radius 1 is 1.13 bits per heavy atom. The summed E-state index contributed by atoms with van der Waals surface area (Å²) in [4.78, 5) is 17.9. The molecular weight excluding hydrogens is 436 g/mol. The van der Waals surface area contributed by atoms with Crippen molar-refractivity contribution in [3.8, 4) is 11.5 Å². The van der Waals surface area contributed by atoms with Gasteiger partial charge in [0.05, 0.1) is 39.9 Å². The molecule has 4 aromatic rings. The summed E-state index contributed by atoms with van der Waals surface area (Å²) in [6, 6.07) is 14.7. The Morgan fingerprint density at radius 2 is 1.97 bits per heavy atom. The van der Waals surface area contributed by atoms with Crippen molar-refractivity contribution in [3.63, 3.8) is 0 Å². The van der Waals surface area contributed by atoms with E-state index in [9.17, 15) is 4.79 Å². The number of aromatic nitrogens is 4. The van der Waals surface area contributed by atoms with E-state index in [0.29, 0.717) is 50.7 Å². The zero-order valence-electron chi connectivity index (χ0n) is 16.5. The van der Waals surface area contributed by atoms with Crippen LogP contribution in [-0.2, 0) is 17.0 Å². The Labute approximate surface area is 187 Å². The molecule has 1 fully saturated rings. The number of ether oxygens (including phenoxy) is 1. The third-order valence-electron chi connectivity index (χ3n) is 5.13. The molecular formula is C22H19ClN4O3S. The van der Waals surface area contributed by atoms with Crippen LogP contribution in [0.25, 0.3) is 22.4 Å². The molecule has 3 heterocycles. The summed E-state index contributed by atoms with van der Waals surface area (Å²) in [5.74, 6) is 1.18. The van der Waals surface area contributed by atoms with Gasteiger partial charge < -0.3 is 9.15 Å². The molecule has 2 aromatic carbocycles. The average molecular weight is 455 g/mol. The molecule has 0 radical (unpaired) electrons. The van der Waals surface area contributed by atoms with Gasteiger partial charge >= 0.3 is 0 Å². The quantitative estimate of drug-likeness (QED) is 0.311. The number of thioether (sulfide) groups is 1. The molecule has 9 heteroatoms. The lowest BCUT2D eigenvalue weighted by Crippen LogP contribution is -2.28. The molecule has 7 nitrogen and oxygen atoms in total. The SMILES string of the molecule is O=c1c2ccccc2nc(SCc2nnc(-c3ccccc3Cl)o2)n1CC1CCCO1. The molecule has 2 aromatic heterocycles. The van der Waals surface area contributed by atoms with Crippen molar-refractivity contribution >= 4 is 34.3 Å². The van der Waals surface area contributed by atoms with E-state index in [2.05, 4.69) is 10.2 Å². The molecule has 1 unspecified atom stereocenters. The van der Waals surface area contributed by atoms with Crippen molar-refractivity contribution in [2.45, 2.75) is 36.4 Å². The topological polar surface area (TPSA) is 83.0 Å². The molecule has 1 saturated heterocycles. The Balaban J connectivity index is 1.43. The Bertz CT molecular complexity index is 1280. The Hall–Kier alpha value is -2.68. The van der Waals surface area contributed by atoms with Crippen molar-refractivity contribution in [1.29, 1.82) is 0 Å². The second-order valence-electron chi connectivity index (χ2n) is 7.23. The molecule has 0 spiro atoms. The number of rotatable bonds is 6. The van der Waals surface area contributed by atoms with Crippen molar-refractivity contribution in [3.05, 3.63) is 69.8 Å². The van der Waals surface area contributed by atoms with Crippen LogP contribution in [-0.4, -0.2) is 32.5 Å². The zero-order chi connectivity index (χ0) is 21.2. The fraction of sp³-hybridized carbons (Fsp3) is 0.273. The minimum Gasteiger partial charge on any atom is -0.420 e. The number of halogens is 1. The number of hydrogen-bond donors (Lipinski definition) is 0. The first-order chi connectivity index (χ1) is 15.2. The van der Waals surface area contributed by atoms with E-state index >= 15 is 0 Å². The lowest BCUT2D eigenvalue weighted by molar-refractivity contribution is 0.0937. The summed E-state index contributed by atoms with van der Waals surface area (Å²) in [5.41, 5.74) is 1.29. The molecule has 1 atom stereocenters. The highest BCUT2D eigenvalue weighted by Gasteiger charge is 2.21. The van der Waals surface area contributed by atoms with Crippen LogP contribution in [0.3, 0.4) is 0 Å². The smallest absolute Gasteiger partial charge is 0.262 e. The van der Waals surface area contributed by atoms with Crippen LogP contribution in [0.2, 0.25) is 5.02 Å². The molecule has 0 aliphatic carbocycles. The third-order valence-corrected chi connectivity index (χ3v) is 6.42. The van der Waals surface area contributed by atoms with E-state index < -0.39 is 0 Å². The summed E-state index contributed by atoms with van der Waals surface area (Å²) in [6.45, 7) is 1.21. The monoisotopic (exact) mass is 454 g/mol. The average Bonchev–Trinajstić information content (AvgIpc) is 3.47. The Kier molecular flexibility index (Phi) is 5.76. The maximum Gasteiger partial charge on any atom is 0.262 e. The van der Waals surface area contributed by atoms with Crippen molar-refractivity contribution < 1.29 is 9.15 Å². The first-order valence-corrected chi connectivity index (χ1v) is 11.4. The van der Waals surface area contributed by atoms with Gasteiger partial charge in [0.1, 0.15) is 0 Å². The molecule has 1 aliphatic heterocycles. The largest absolute Gasteiger partial charge is 0.420 e. The van der Waals surface area contributed by atoms with Crippen LogP contribution in [0, 0.1) is 0 Å². The van der Waals surface area contributed by atoms with Crippen LogP contribution in [0.15, 0.2) is 62.9 Å². The van der Waals surface area contributed by atoms with E-state index in [4.69, 9.17) is 25.7 Å². The van der Waals surface area contributed by atoms with Crippen molar-refractivity contribution in [2.75, 3.05) is 6.61 Å². The molecule has 0 amide bonds. The van der Waals surface area contributed by atoms with Gasteiger partial charge in [-0.15, -0.1) is 10.2 Å². The first-order valence-electron chi connectivity index (χ1n) is 10.0. The number of nitrogens with zero attached hydrogens (tertiary/aromatic N) is 4. The summed E-state index contributed by atoms with van der Waals surface area (Å²) in [6.07, 6.45) is 1.97. The number of fused-ring (bicyclic) bond motifs is 1. The maximum atomic E-state index is 13.2. The third kappa shape index (κ3) is 4.23. The molecule has 0 saturated carbocycles. The lowest BCUT2D eigenvalue weighted by atomic mass is 10.2. The highest BCUT2D eigenvalue weighted by molar-refractivity contribution is 7.98. The van der Waals surface area contributed by atoms with E-state index in [1.807, 2.05) is 36.4 Å². The van der Waals surface area contributed by atoms with Gasteiger partial charge in [-0.3, -0.25) is 9.36 Å². The van der Waals surface area contributed by atoms with E-state index in [1.54, 1.807) is 16.7 Å². The van der Waals surface area contributed by atoms with Gasteiger partial charge in [0.2, 0.25) is 11.8 Å². The lowest BCUT2D eigenvalue weighted by Gasteiger charge is -2.16. The molecule has 31 heavy (non-hydrogen) atoms. The Morgan fingerprint density at radius 3 is 2.81 bits per heavy atom. The zero-order valence-corrected chi connectivity index (χ0v) is 18.1. The van der Waals surface area contributed by atoms with Gasteiger partial charge in [0, 0.05) is 6.61 Å². The summed E-state index contributed by atoms with van der Waals surface area (Å²) in [7, 11) is 0.